The molecule has 0 radical (unpaired) electrons. The summed E-state index contributed by atoms with van der Waals surface area (Å²) >= 11 is 0.988. The van der Waals surface area contributed by atoms with Gasteiger partial charge in [0, 0.05) is 6.54 Å². The highest BCUT2D eigenvalue weighted by atomic mass is 32.1. The van der Waals surface area contributed by atoms with Crippen molar-refractivity contribution in [2.24, 2.45) is 0 Å². The van der Waals surface area contributed by atoms with Crippen LogP contribution in [-0.4, -0.2) is 42.2 Å². The molecule has 1 aromatic heterocycles. The van der Waals surface area contributed by atoms with Crippen molar-refractivity contribution in [2.75, 3.05) is 36.9 Å². The lowest BCUT2D eigenvalue weighted by molar-refractivity contribution is 0.153. The molecule has 1 aromatic rings. The van der Waals surface area contributed by atoms with E-state index in [-0.39, 0.29) is 19.0 Å². The number of aliphatic hydroxyl groups excluding tert-OH is 1. The van der Waals surface area contributed by atoms with Crippen molar-refractivity contribution in [3.8, 4) is 5.75 Å². The van der Waals surface area contributed by atoms with Crippen LogP contribution < -0.4 is 15.4 Å². The molecule has 5 nitrogen and oxygen atoms in total. The minimum absolute atomic E-state index is 0.0893. The molecule has 0 aliphatic rings. The van der Waals surface area contributed by atoms with Gasteiger partial charge in [-0.1, -0.05) is 0 Å². The number of nitrogen functional groups attached to an aromatic ring is 1. The van der Waals surface area contributed by atoms with Gasteiger partial charge >= 0.3 is 0 Å². The molecule has 1 rings (SSSR count). The number of rotatable bonds is 7. The lowest BCUT2D eigenvalue weighted by Crippen LogP contribution is -2.31. The van der Waals surface area contributed by atoms with Crippen molar-refractivity contribution >= 4 is 22.4 Å². The van der Waals surface area contributed by atoms with E-state index in [1.54, 1.807) is 6.92 Å². The first-order chi connectivity index (χ1) is 8.10. The van der Waals surface area contributed by atoms with Crippen LogP contribution in [-0.2, 0) is 0 Å². The van der Waals surface area contributed by atoms with Crippen molar-refractivity contribution in [2.45, 2.75) is 13.3 Å². The van der Waals surface area contributed by atoms with E-state index in [9.17, 15) is 8.78 Å². The van der Waals surface area contributed by atoms with Crippen molar-refractivity contribution in [1.82, 2.24) is 4.37 Å². The number of hydrogen-bond donors (Lipinski definition) is 2. The van der Waals surface area contributed by atoms with E-state index in [4.69, 9.17) is 15.6 Å². The summed E-state index contributed by atoms with van der Waals surface area (Å²) in [6.07, 6.45) is -2.50. The quantitative estimate of drug-likeness (QED) is 0.776. The van der Waals surface area contributed by atoms with Crippen LogP contribution in [0.25, 0.3) is 0 Å². The molecular weight excluding hydrogens is 252 g/mol. The minimum Gasteiger partial charge on any atom is -0.487 e. The second-order valence-electron chi connectivity index (χ2n) is 3.20. The topological polar surface area (TPSA) is 71.6 Å². The Morgan fingerprint density at radius 2 is 2.29 bits per heavy atom. The normalized spacial score (nSPS) is 10.9. The molecule has 8 heteroatoms. The average Bonchev–Trinajstić information content (AvgIpc) is 2.60. The van der Waals surface area contributed by atoms with Crippen LogP contribution in [0.5, 0.6) is 5.75 Å². The molecule has 0 spiro atoms. The van der Waals surface area contributed by atoms with Gasteiger partial charge in [-0.05, 0) is 18.5 Å². The number of hydrogen-bond acceptors (Lipinski definition) is 6. The summed E-state index contributed by atoms with van der Waals surface area (Å²) in [5.41, 5.74) is 5.59. The Kier molecular flexibility index (Phi) is 5.36. The number of alkyl halides is 2. The molecule has 0 unspecified atom stereocenters. The van der Waals surface area contributed by atoms with Crippen molar-refractivity contribution in [3.63, 3.8) is 0 Å². The lowest BCUT2D eigenvalue weighted by Gasteiger charge is -2.22. The van der Waals surface area contributed by atoms with E-state index >= 15 is 0 Å². The smallest absolute Gasteiger partial charge is 0.255 e. The van der Waals surface area contributed by atoms with Crippen molar-refractivity contribution in [3.05, 3.63) is 0 Å². The zero-order chi connectivity index (χ0) is 12.8. The third kappa shape index (κ3) is 3.67. The summed E-state index contributed by atoms with van der Waals surface area (Å²) in [7, 11) is 0. The maximum absolute atomic E-state index is 12.4. The first kappa shape index (κ1) is 13.9. The fraction of sp³-hybridized carbons (Fsp3) is 0.667. The fourth-order valence-corrected chi connectivity index (χ4v) is 2.12. The van der Waals surface area contributed by atoms with E-state index < -0.39 is 13.0 Å². The van der Waals surface area contributed by atoms with Crippen LogP contribution in [0.4, 0.5) is 19.6 Å². The largest absolute Gasteiger partial charge is 0.487 e. The number of aliphatic hydroxyl groups is 1. The van der Waals surface area contributed by atoms with Gasteiger partial charge in [0.25, 0.3) is 6.43 Å². The van der Waals surface area contributed by atoms with Gasteiger partial charge in [0.05, 0.1) is 19.8 Å². The molecule has 0 aromatic carbocycles. The van der Waals surface area contributed by atoms with Gasteiger partial charge in [-0.25, -0.2) is 8.78 Å². The van der Waals surface area contributed by atoms with E-state index in [0.29, 0.717) is 17.4 Å². The average molecular weight is 267 g/mol. The Morgan fingerprint density at radius 1 is 1.59 bits per heavy atom. The Balaban J connectivity index is 2.92. The van der Waals surface area contributed by atoms with Gasteiger partial charge in [0.2, 0.25) is 0 Å². The fourth-order valence-electron chi connectivity index (χ4n) is 1.33. The number of ether oxygens (including phenoxy) is 1. The Morgan fingerprint density at radius 3 is 2.82 bits per heavy atom. The standard InChI is InChI=1S/C9H15F2N3O2S/c1-2-16-7-8(12)13-17-9(7)14(3-4-15)5-6(10)11/h6,15H,2-5H2,1H3,(H2,12,13). The van der Waals surface area contributed by atoms with Crippen LogP contribution in [0.1, 0.15) is 6.92 Å². The number of halogens is 2. The molecule has 17 heavy (non-hydrogen) atoms. The Hall–Kier alpha value is -1.15. The van der Waals surface area contributed by atoms with Crippen LogP contribution in [0.3, 0.4) is 0 Å². The lowest BCUT2D eigenvalue weighted by atomic mass is 10.4. The van der Waals surface area contributed by atoms with Crippen molar-refractivity contribution < 1.29 is 18.6 Å². The predicted octanol–water partition coefficient (Wildman–Crippen LogP) is 1.19. The number of nitrogens with zero attached hydrogens (tertiary/aromatic N) is 2. The first-order valence-electron chi connectivity index (χ1n) is 5.12. The third-order valence-corrected chi connectivity index (χ3v) is 2.87. The molecule has 98 valence electrons. The van der Waals surface area contributed by atoms with Crippen LogP contribution in [0.15, 0.2) is 0 Å². The Labute approximate surface area is 102 Å². The van der Waals surface area contributed by atoms with Gasteiger partial charge in [0.1, 0.15) is 0 Å². The molecule has 0 bridgehead atoms. The second kappa shape index (κ2) is 6.55. The Bertz CT molecular complexity index is 349. The second-order valence-corrected chi connectivity index (χ2v) is 3.95. The molecular formula is C9H15F2N3O2S. The summed E-state index contributed by atoms with van der Waals surface area (Å²) < 4.78 is 34.0. The van der Waals surface area contributed by atoms with E-state index in [1.165, 1.54) is 4.90 Å². The van der Waals surface area contributed by atoms with E-state index in [0.717, 1.165) is 11.5 Å². The summed E-state index contributed by atoms with van der Waals surface area (Å²) in [5, 5.41) is 9.29. The number of aromatic nitrogens is 1. The number of anilines is 2. The van der Waals surface area contributed by atoms with Gasteiger partial charge in [0.15, 0.2) is 16.6 Å². The van der Waals surface area contributed by atoms with Crippen molar-refractivity contribution in [1.29, 1.82) is 0 Å². The van der Waals surface area contributed by atoms with Gasteiger partial charge in [-0.15, -0.1) is 0 Å². The monoisotopic (exact) mass is 267 g/mol. The molecule has 0 amide bonds. The zero-order valence-electron chi connectivity index (χ0n) is 9.40. The first-order valence-corrected chi connectivity index (χ1v) is 5.89. The van der Waals surface area contributed by atoms with E-state index in [1.807, 2.05) is 0 Å². The van der Waals surface area contributed by atoms with Gasteiger partial charge < -0.3 is 20.5 Å². The minimum atomic E-state index is -2.50. The molecule has 3 N–H and O–H groups in total. The highest BCUT2D eigenvalue weighted by Gasteiger charge is 2.21. The predicted molar refractivity (Wildman–Crippen MR) is 63.0 cm³/mol. The third-order valence-electron chi connectivity index (χ3n) is 1.96. The maximum Gasteiger partial charge on any atom is 0.255 e. The van der Waals surface area contributed by atoms with Crippen LogP contribution in [0, 0.1) is 0 Å². The molecule has 0 fully saturated rings. The summed E-state index contributed by atoms with van der Waals surface area (Å²) in [5.74, 6) is 0.496. The van der Waals surface area contributed by atoms with Gasteiger partial charge in [-0.3, -0.25) is 0 Å². The SMILES string of the molecule is CCOc1c(N)nsc1N(CCO)CC(F)F. The highest BCUT2D eigenvalue weighted by molar-refractivity contribution is 7.11. The number of nitrogens with two attached hydrogens (primary N) is 1. The van der Waals surface area contributed by atoms with E-state index in [2.05, 4.69) is 4.37 Å². The maximum atomic E-state index is 12.4. The molecule has 1 heterocycles. The molecule has 0 saturated heterocycles. The molecule has 0 saturated carbocycles. The summed E-state index contributed by atoms with van der Waals surface area (Å²) in [6, 6.07) is 0. The highest BCUT2D eigenvalue weighted by Crippen LogP contribution is 2.38. The van der Waals surface area contributed by atoms with Crippen LogP contribution >= 0.6 is 11.5 Å². The van der Waals surface area contributed by atoms with Crippen LogP contribution in [0.2, 0.25) is 0 Å². The zero-order valence-corrected chi connectivity index (χ0v) is 10.2. The molecule has 0 aliphatic carbocycles. The summed E-state index contributed by atoms with van der Waals surface area (Å²) in [6.45, 7) is 1.52. The molecule has 0 aliphatic heterocycles. The molecule has 0 atom stereocenters. The summed E-state index contributed by atoms with van der Waals surface area (Å²) in [4.78, 5) is 1.32. The van der Waals surface area contributed by atoms with Gasteiger partial charge in [-0.2, -0.15) is 4.37 Å².